The molecule has 0 nitrogen and oxygen atoms in total. The van der Waals surface area contributed by atoms with Gasteiger partial charge in [0, 0.05) is 0 Å². The molecule has 0 aliphatic carbocycles. The third-order valence-corrected chi connectivity index (χ3v) is 5.67. The van der Waals surface area contributed by atoms with Crippen LogP contribution in [0.5, 0.6) is 0 Å². The van der Waals surface area contributed by atoms with Gasteiger partial charge in [-0.3, -0.25) is 0 Å². The second-order valence-corrected chi connectivity index (χ2v) is 9.96. The first-order valence-corrected chi connectivity index (χ1v) is 8.16. The SMILES string of the molecule is CC1CC=CC[Si](C)(C)CC1. The first-order chi connectivity index (χ1) is 5.10. The van der Waals surface area contributed by atoms with Crippen LogP contribution < -0.4 is 0 Å². The Kier molecular flexibility index (Phi) is 2.94. The van der Waals surface area contributed by atoms with Gasteiger partial charge in [0.2, 0.25) is 0 Å². The quantitative estimate of drug-likeness (QED) is 0.382. The summed E-state index contributed by atoms with van der Waals surface area (Å²) >= 11 is 0. The molecule has 0 aromatic rings. The largest absolute Gasteiger partial charge is 0.0912 e. The molecule has 1 heterocycles. The standard InChI is InChI=1S/C10H20Si/c1-10-6-4-5-8-11(2,3)9-7-10/h4-5,10H,6-9H2,1-3H3. The van der Waals surface area contributed by atoms with Crippen molar-refractivity contribution in [3.8, 4) is 0 Å². The summed E-state index contributed by atoms with van der Waals surface area (Å²) in [5, 5.41) is 0. The van der Waals surface area contributed by atoms with Crippen LogP contribution in [0.2, 0.25) is 25.2 Å². The summed E-state index contributed by atoms with van der Waals surface area (Å²) in [4.78, 5) is 0. The normalized spacial score (nSPS) is 31.0. The fourth-order valence-electron chi connectivity index (χ4n) is 1.59. The molecule has 0 saturated heterocycles. The minimum absolute atomic E-state index is 0.802. The molecule has 1 aliphatic heterocycles. The topological polar surface area (TPSA) is 0 Å². The van der Waals surface area contributed by atoms with Crippen LogP contribution in [-0.2, 0) is 0 Å². The molecule has 1 atom stereocenters. The lowest BCUT2D eigenvalue weighted by atomic mass is 10.1. The molecule has 0 N–H and O–H groups in total. The van der Waals surface area contributed by atoms with Crippen molar-refractivity contribution in [1.29, 1.82) is 0 Å². The summed E-state index contributed by atoms with van der Waals surface area (Å²) in [7, 11) is -0.802. The minimum Gasteiger partial charge on any atom is -0.0912 e. The molecule has 11 heavy (non-hydrogen) atoms. The van der Waals surface area contributed by atoms with E-state index < -0.39 is 8.07 Å². The fraction of sp³-hybridized carbons (Fsp3) is 0.800. The number of hydrogen-bond donors (Lipinski definition) is 0. The molecule has 0 amide bonds. The van der Waals surface area contributed by atoms with E-state index in [9.17, 15) is 0 Å². The summed E-state index contributed by atoms with van der Waals surface area (Å²) in [5.74, 6) is 0.929. The van der Waals surface area contributed by atoms with Crippen LogP contribution in [-0.4, -0.2) is 8.07 Å². The Morgan fingerprint density at radius 3 is 2.73 bits per heavy atom. The predicted octanol–water partition coefficient (Wildman–Crippen LogP) is 3.68. The van der Waals surface area contributed by atoms with Gasteiger partial charge in [-0.1, -0.05) is 44.6 Å². The van der Waals surface area contributed by atoms with Crippen molar-refractivity contribution in [1.82, 2.24) is 0 Å². The van der Waals surface area contributed by atoms with Crippen molar-refractivity contribution in [2.75, 3.05) is 0 Å². The average Bonchev–Trinajstić information content (AvgIpc) is 1.92. The lowest BCUT2D eigenvalue weighted by Crippen LogP contribution is -2.25. The molecule has 1 rings (SSSR count). The molecule has 0 aromatic heterocycles. The Labute approximate surface area is 71.7 Å². The second-order valence-electron chi connectivity index (χ2n) is 4.72. The summed E-state index contributed by atoms with van der Waals surface area (Å²) in [6, 6.07) is 2.93. The van der Waals surface area contributed by atoms with Gasteiger partial charge >= 0.3 is 0 Å². The Morgan fingerprint density at radius 2 is 2.00 bits per heavy atom. The van der Waals surface area contributed by atoms with Gasteiger partial charge in [0.15, 0.2) is 0 Å². The van der Waals surface area contributed by atoms with Gasteiger partial charge in [0.1, 0.15) is 0 Å². The van der Waals surface area contributed by atoms with E-state index in [1.165, 1.54) is 24.9 Å². The maximum atomic E-state index is 2.51. The summed E-state index contributed by atoms with van der Waals surface area (Å²) in [5.41, 5.74) is 0. The van der Waals surface area contributed by atoms with E-state index in [1.54, 1.807) is 0 Å². The first-order valence-electron chi connectivity index (χ1n) is 4.75. The highest BCUT2D eigenvalue weighted by Crippen LogP contribution is 2.25. The molecule has 0 bridgehead atoms. The smallest absolute Gasteiger partial charge is 0.0511 e. The van der Waals surface area contributed by atoms with Gasteiger partial charge in [-0.05, 0) is 18.4 Å². The molecular weight excluding hydrogens is 148 g/mol. The molecule has 0 saturated carbocycles. The van der Waals surface area contributed by atoms with E-state index in [1.807, 2.05) is 0 Å². The first kappa shape index (κ1) is 9.05. The van der Waals surface area contributed by atoms with Crippen LogP contribution >= 0.6 is 0 Å². The summed E-state index contributed by atoms with van der Waals surface area (Å²) < 4.78 is 0. The summed E-state index contributed by atoms with van der Waals surface area (Å²) in [6.07, 6.45) is 7.58. The van der Waals surface area contributed by atoms with Crippen molar-refractivity contribution >= 4 is 8.07 Å². The minimum atomic E-state index is -0.802. The monoisotopic (exact) mass is 168 g/mol. The predicted molar refractivity (Wildman–Crippen MR) is 54.6 cm³/mol. The van der Waals surface area contributed by atoms with E-state index in [-0.39, 0.29) is 0 Å². The number of hydrogen-bond acceptors (Lipinski definition) is 0. The van der Waals surface area contributed by atoms with Crippen LogP contribution in [0.1, 0.15) is 19.8 Å². The van der Waals surface area contributed by atoms with Crippen molar-refractivity contribution in [2.24, 2.45) is 5.92 Å². The van der Waals surface area contributed by atoms with Crippen LogP contribution in [0.3, 0.4) is 0 Å². The van der Waals surface area contributed by atoms with Gasteiger partial charge in [-0.2, -0.15) is 0 Å². The molecule has 1 heteroatoms. The van der Waals surface area contributed by atoms with Crippen molar-refractivity contribution < 1.29 is 0 Å². The lowest BCUT2D eigenvalue weighted by Gasteiger charge is -2.24. The zero-order valence-electron chi connectivity index (χ0n) is 8.06. The molecule has 1 unspecified atom stereocenters. The maximum absolute atomic E-state index is 2.51. The third kappa shape index (κ3) is 3.24. The van der Waals surface area contributed by atoms with Gasteiger partial charge in [0.05, 0.1) is 8.07 Å². The highest BCUT2D eigenvalue weighted by Gasteiger charge is 2.20. The Morgan fingerprint density at radius 1 is 1.27 bits per heavy atom. The van der Waals surface area contributed by atoms with E-state index in [2.05, 4.69) is 32.2 Å². The molecule has 0 aromatic carbocycles. The zero-order valence-corrected chi connectivity index (χ0v) is 9.06. The van der Waals surface area contributed by atoms with Crippen molar-refractivity contribution in [3.05, 3.63) is 12.2 Å². The molecule has 1 aliphatic rings. The van der Waals surface area contributed by atoms with E-state index in [0.29, 0.717) is 0 Å². The molecule has 0 radical (unpaired) electrons. The Bertz CT molecular complexity index is 147. The van der Waals surface area contributed by atoms with Gasteiger partial charge in [0.25, 0.3) is 0 Å². The van der Waals surface area contributed by atoms with Gasteiger partial charge in [-0.25, -0.2) is 0 Å². The highest BCUT2D eigenvalue weighted by atomic mass is 28.3. The molecular formula is C10H20Si. The number of allylic oxidation sites excluding steroid dienone is 2. The van der Waals surface area contributed by atoms with Gasteiger partial charge < -0.3 is 0 Å². The zero-order chi connectivity index (χ0) is 8.32. The molecule has 0 fully saturated rings. The second kappa shape index (κ2) is 3.57. The van der Waals surface area contributed by atoms with E-state index in [0.717, 1.165) is 5.92 Å². The average molecular weight is 168 g/mol. The van der Waals surface area contributed by atoms with Crippen LogP contribution in [0, 0.1) is 5.92 Å². The highest BCUT2D eigenvalue weighted by molar-refractivity contribution is 6.77. The Hall–Kier alpha value is -0.0431. The van der Waals surface area contributed by atoms with Crippen molar-refractivity contribution in [2.45, 2.75) is 44.9 Å². The molecule has 0 spiro atoms. The van der Waals surface area contributed by atoms with Crippen LogP contribution in [0.15, 0.2) is 12.2 Å². The van der Waals surface area contributed by atoms with Crippen LogP contribution in [0.4, 0.5) is 0 Å². The van der Waals surface area contributed by atoms with Gasteiger partial charge in [-0.15, -0.1) is 0 Å². The Balaban J connectivity index is 2.52. The lowest BCUT2D eigenvalue weighted by molar-refractivity contribution is 0.564. The van der Waals surface area contributed by atoms with E-state index >= 15 is 0 Å². The maximum Gasteiger partial charge on any atom is 0.0511 e. The van der Waals surface area contributed by atoms with Crippen molar-refractivity contribution in [3.63, 3.8) is 0 Å². The molecule has 64 valence electrons. The summed E-state index contributed by atoms with van der Waals surface area (Å²) in [6.45, 7) is 7.39. The fourth-order valence-corrected chi connectivity index (χ4v) is 3.87. The third-order valence-electron chi connectivity index (χ3n) is 2.69. The van der Waals surface area contributed by atoms with Crippen LogP contribution in [0.25, 0.3) is 0 Å². The number of rotatable bonds is 0. The van der Waals surface area contributed by atoms with E-state index in [4.69, 9.17) is 0 Å².